The summed E-state index contributed by atoms with van der Waals surface area (Å²) < 4.78 is 37.7. The molecule has 0 bridgehead atoms. The summed E-state index contributed by atoms with van der Waals surface area (Å²) in [6, 6.07) is 4.82. The highest BCUT2D eigenvalue weighted by Crippen LogP contribution is 2.29. The summed E-state index contributed by atoms with van der Waals surface area (Å²) in [5.41, 5.74) is -0.409. The van der Waals surface area contributed by atoms with Crippen molar-refractivity contribution in [3.63, 3.8) is 0 Å². The minimum atomic E-state index is -4.39. The number of rotatable bonds is 2. The van der Waals surface area contributed by atoms with E-state index >= 15 is 0 Å². The second-order valence-electron chi connectivity index (χ2n) is 5.01. The molecule has 0 aliphatic carbocycles. The van der Waals surface area contributed by atoms with Crippen LogP contribution in [-0.2, 0) is 11.0 Å². The number of amides is 1. The van der Waals surface area contributed by atoms with Crippen LogP contribution in [0.1, 0.15) is 24.0 Å². The maximum Gasteiger partial charge on any atom is 0.416 e. The van der Waals surface area contributed by atoms with Crippen molar-refractivity contribution in [1.82, 2.24) is 4.90 Å². The van der Waals surface area contributed by atoms with Gasteiger partial charge in [0.1, 0.15) is 0 Å². The van der Waals surface area contributed by atoms with Crippen molar-refractivity contribution < 1.29 is 23.1 Å². The molecule has 1 aliphatic rings. The number of benzene rings is 1. The number of piperidine rings is 1. The molecule has 6 heteroatoms. The molecule has 1 fully saturated rings. The van der Waals surface area contributed by atoms with Gasteiger partial charge in [-0.3, -0.25) is 4.79 Å². The number of carbonyl (C=O) groups is 1. The van der Waals surface area contributed by atoms with Crippen molar-refractivity contribution in [2.24, 2.45) is 0 Å². The average molecular weight is 299 g/mol. The number of nitrogens with zero attached hydrogens (tertiary/aromatic N) is 1. The smallest absolute Gasteiger partial charge is 0.393 e. The lowest BCUT2D eigenvalue weighted by Gasteiger charge is -2.28. The molecule has 0 aromatic heterocycles. The van der Waals surface area contributed by atoms with Crippen molar-refractivity contribution in [3.05, 3.63) is 41.5 Å². The van der Waals surface area contributed by atoms with E-state index < -0.39 is 11.7 Å². The van der Waals surface area contributed by atoms with Gasteiger partial charge in [-0.2, -0.15) is 13.2 Å². The zero-order valence-electron chi connectivity index (χ0n) is 11.3. The third kappa shape index (κ3) is 4.32. The molecular weight excluding hydrogens is 283 g/mol. The van der Waals surface area contributed by atoms with E-state index in [1.165, 1.54) is 24.3 Å². The van der Waals surface area contributed by atoms with Crippen LogP contribution in [0.25, 0.3) is 6.08 Å². The molecule has 0 unspecified atom stereocenters. The van der Waals surface area contributed by atoms with Crippen LogP contribution in [0.2, 0.25) is 0 Å². The number of alkyl halides is 3. The van der Waals surface area contributed by atoms with Crippen LogP contribution in [0, 0.1) is 0 Å². The lowest BCUT2D eigenvalue weighted by Crippen LogP contribution is -2.39. The van der Waals surface area contributed by atoms with Gasteiger partial charge in [-0.15, -0.1) is 0 Å². The van der Waals surface area contributed by atoms with Gasteiger partial charge in [-0.25, -0.2) is 0 Å². The quantitative estimate of drug-likeness (QED) is 0.853. The number of likely N-dealkylation sites (tertiary alicyclic amines) is 1. The normalized spacial score (nSPS) is 17.4. The first-order valence-electron chi connectivity index (χ1n) is 6.68. The molecule has 1 aliphatic heterocycles. The number of hydrogen-bond donors (Lipinski definition) is 1. The lowest BCUT2D eigenvalue weighted by atomic mass is 10.1. The van der Waals surface area contributed by atoms with Gasteiger partial charge in [0.15, 0.2) is 0 Å². The molecule has 0 spiro atoms. The lowest BCUT2D eigenvalue weighted by molar-refractivity contribution is -0.137. The van der Waals surface area contributed by atoms with Gasteiger partial charge in [0.25, 0.3) is 0 Å². The summed E-state index contributed by atoms with van der Waals surface area (Å²) in [7, 11) is 0. The summed E-state index contributed by atoms with van der Waals surface area (Å²) in [4.78, 5) is 13.5. The molecule has 21 heavy (non-hydrogen) atoms. The van der Waals surface area contributed by atoms with Crippen LogP contribution in [0.3, 0.4) is 0 Å². The van der Waals surface area contributed by atoms with E-state index in [0.29, 0.717) is 31.5 Å². The zero-order valence-corrected chi connectivity index (χ0v) is 11.3. The van der Waals surface area contributed by atoms with Gasteiger partial charge in [0.05, 0.1) is 11.7 Å². The highest BCUT2D eigenvalue weighted by molar-refractivity contribution is 5.91. The Bertz CT molecular complexity index is 532. The molecule has 0 saturated carbocycles. The van der Waals surface area contributed by atoms with Gasteiger partial charge >= 0.3 is 6.18 Å². The predicted octanol–water partition coefficient (Wildman–Crippen LogP) is 2.70. The number of aliphatic hydroxyl groups excluding tert-OH is 1. The second-order valence-corrected chi connectivity index (χ2v) is 5.01. The Balaban J connectivity index is 2.02. The summed E-state index contributed by atoms with van der Waals surface area (Å²) in [6.07, 6.45) is -1.06. The Morgan fingerprint density at radius 2 is 1.95 bits per heavy atom. The molecule has 0 atom stereocenters. The highest BCUT2D eigenvalue weighted by atomic mass is 19.4. The minimum Gasteiger partial charge on any atom is -0.393 e. The molecule has 114 valence electrons. The van der Waals surface area contributed by atoms with E-state index in [1.807, 2.05) is 0 Å². The van der Waals surface area contributed by atoms with Gasteiger partial charge in [-0.05, 0) is 36.6 Å². The molecule has 3 nitrogen and oxygen atoms in total. The number of halogens is 3. The number of carbonyl (C=O) groups excluding carboxylic acids is 1. The van der Waals surface area contributed by atoms with Gasteiger partial charge < -0.3 is 10.0 Å². The molecular formula is C15H16F3NO2. The number of hydrogen-bond acceptors (Lipinski definition) is 2. The van der Waals surface area contributed by atoms with Crippen LogP contribution in [-0.4, -0.2) is 35.1 Å². The van der Waals surface area contributed by atoms with E-state index in [0.717, 1.165) is 12.1 Å². The Morgan fingerprint density at radius 1 is 1.29 bits per heavy atom. The van der Waals surface area contributed by atoms with Gasteiger partial charge in [0, 0.05) is 19.2 Å². The monoisotopic (exact) mass is 299 g/mol. The number of aliphatic hydroxyl groups is 1. The summed E-state index contributed by atoms with van der Waals surface area (Å²) in [5.74, 6) is -0.251. The molecule has 1 saturated heterocycles. The highest BCUT2D eigenvalue weighted by Gasteiger charge is 2.30. The Kier molecular flexibility index (Phi) is 4.67. The molecule has 0 radical (unpaired) electrons. The summed E-state index contributed by atoms with van der Waals surface area (Å²) >= 11 is 0. The molecule has 1 aromatic carbocycles. The fraction of sp³-hybridized carbons (Fsp3) is 0.400. The van der Waals surface area contributed by atoms with Crippen LogP contribution in [0.4, 0.5) is 13.2 Å². The van der Waals surface area contributed by atoms with E-state index in [2.05, 4.69) is 0 Å². The van der Waals surface area contributed by atoms with Crippen molar-refractivity contribution >= 4 is 12.0 Å². The third-order valence-corrected chi connectivity index (χ3v) is 3.41. The van der Waals surface area contributed by atoms with E-state index in [-0.39, 0.29) is 12.0 Å². The van der Waals surface area contributed by atoms with E-state index in [9.17, 15) is 23.1 Å². The summed E-state index contributed by atoms with van der Waals surface area (Å²) in [5, 5.41) is 9.36. The summed E-state index contributed by atoms with van der Waals surface area (Å²) in [6.45, 7) is 0.930. The van der Waals surface area contributed by atoms with E-state index in [4.69, 9.17) is 0 Å². The van der Waals surface area contributed by atoms with Gasteiger partial charge in [0.2, 0.25) is 5.91 Å². The molecule has 1 aromatic rings. The first-order chi connectivity index (χ1) is 9.86. The van der Waals surface area contributed by atoms with Crippen LogP contribution >= 0.6 is 0 Å². The predicted molar refractivity (Wildman–Crippen MR) is 72.3 cm³/mol. The molecule has 1 amide bonds. The second kappa shape index (κ2) is 6.30. The molecule has 2 rings (SSSR count). The first kappa shape index (κ1) is 15.6. The first-order valence-corrected chi connectivity index (χ1v) is 6.68. The molecule has 1 heterocycles. The van der Waals surface area contributed by atoms with Crippen molar-refractivity contribution in [2.45, 2.75) is 25.1 Å². The van der Waals surface area contributed by atoms with Crippen molar-refractivity contribution in [2.75, 3.05) is 13.1 Å². The maximum absolute atomic E-state index is 12.6. The topological polar surface area (TPSA) is 40.5 Å². The van der Waals surface area contributed by atoms with E-state index in [1.54, 1.807) is 4.90 Å². The Hall–Kier alpha value is -1.82. The van der Waals surface area contributed by atoms with Crippen molar-refractivity contribution in [1.29, 1.82) is 0 Å². The fourth-order valence-corrected chi connectivity index (χ4v) is 2.18. The third-order valence-electron chi connectivity index (χ3n) is 3.41. The van der Waals surface area contributed by atoms with Crippen molar-refractivity contribution in [3.8, 4) is 0 Å². The Labute approximate surface area is 120 Å². The van der Waals surface area contributed by atoms with Gasteiger partial charge in [-0.1, -0.05) is 12.1 Å². The van der Waals surface area contributed by atoms with Crippen LogP contribution < -0.4 is 0 Å². The molecule has 1 N–H and O–H groups in total. The largest absolute Gasteiger partial charge is 0.416 e. The zero-order chi connectivity index (χ0) is 15.5. The minimum absolute atomic E-state index is 0.251. The standard InChI is InChI=1S/C15H16F3NO2/c16-15(17,18)12-3-1-2-11(10-12)4-5-14(21)19-8-6-13(20)7-9-19/h1-5,10,13,20H,6-9H2/b5-4+. The van der Waals surface area contributed by atoms with Crippen LogP contribution in [0.15, 0.2) is 30.3 Å². The van der Waals surface area contributed by atoms with Crippen LogP contribution in [0.5, 0.6) is 0 Å². The fourth-order valence-electron chi connectivity index (χ4n) is 2.18. The Morgan fingerprint density at radius 3 is 2.57 bits per heavy atom. The maximum atomic E-state index is 12.6. The average Bonchev–Trinajstić information content (AvgIpc) is 2.45. The SMILES string of the molecule is O=C(/C=C/c1cccc(C(F)(F)F)c1)N1CCC(O)CC1.